The van der Waals surface area contributed by atoms with Crippen LogP contribution in [0.5, 0.6) is 0 Å². The van der Waals surface area contributed by atoms with Gasteiger partial charge in [0.1, 0.15) is 0 Å². The molecule has 0 bridgehead atoms. The van der Waals surface area contributed by atoms with Crippen LogP contribution in [0, 0.1) is 6.92 Å². The third kappa shape index (κ3) is 3.03. The Bertz CT molecular complexity index is 209. The lowest BCUT2D eigenvalue weighted by Gasteiger charge is -1.95. The van der Waals surface area contributed by atoms with Gasteiger partial charge >= 0.3 is 0 Å². The maximum Gasteiger partial charge on any atom is -0.0244 e. The third-order valence-corrected chi connectivity index (χ3v) is 1.61. The number of allylic oxidation sites excluding steroid dienone is 2. The van der Waals surface area contributed by atoms with Crippen molar-refractivity contribution in [2.24, 2.45) is 0 Å². The molecule has 0 atom stereocenters. The standard InChI is InChI=1S/C11H13/c1-2-3-5-8-11-9-6-4-7-10-11/h2-4,6-7,9-10H,1,5,8H2/b3-2+. The van der Waals surface area contributed by atoms with Gasteiger partial charge in [-0.2, -0.15) is 0 Å². The summed E-state index contributed by atoms with van der Waals surface area (Å²) in [5, 5.41) is 0. The second-order valence-corrected chi connectivity index (χ2v) is 2.50. The Balaban J connectivity index is 2.39. The average Bonchev–Trinajstić information content (AvgIpc) is 2.07. The summed E-state index contributed by atoms with van der Waals surface area (Å²) in [5.41, 5.74) is 1.39. The van der Waals surface area contributed by atoms with Crippen LogP contribution in [0.3, 0.4) is 0 Å². The van der Waals surface area contributed by atoms with Crippen molar-refractivity contribution in [3.8, 4) is 0 Å². The smallest absolute Gasteiger partial charge is 0.0244 e. The van der Waals surface area contributed by atoms with Gasteiger partial charge in [-0.3, -0.25) is 0 Å². The lowest BCUT2D eigenvalue weighted by Crippen LogP contribution is -1.80. The van der Waals surface area contributed by atoms with Crippen LogP contribution in [0.1, 0.15) is 12.0 Å². The van der Waals surface area contributed by atoms with E-state index in [2.05, 4.69) is 37.3 Å². The zero-order valence-corrected chi connectivity index (χ0v) is 6.66. The van der Waals surface area contributed by atoms with Crippen molar-refractivity contribution in [3.63, 3.8) is 0 Å². The molecule has 0 fully saturated rings. The predicted octanol–water partition coefficient (Wildman–Crippen LogP) is 3.01. The van der Waals surface area contributed by atoms with E-state index in [-0.39, 0.29) is 0 Å². The molecule has 0 amide bonds. The molecule has 1 aromatic carbocycles. The van der Waals surface area contributed by atoms with Gasteiger partial charge in [0.25, 0.3) is 0 Å². The Kier molecular flexibility index (Phi) is 3.46. The molecule has 1 radical (unpaired) electrons. The Morgan fingerprint density at radius 1 is 1.18 bits per heavy atom. The van der Waals surface area contributed by atoms with Crippen LogP contribution in [0.15, 0.2) is 42.5 Å². The first-order chi connectivity index (χ1) is 5.43. The van der Waals surface area contributed by atoms with E-state index in [1.165, 1.54) is 5.56 Å². The largest absolute Gasteiger partial charge is 0.0882 e. The van der Waals surface area contributed by atoms with Crippen LogP contribution in [-0.4, -0.2) is 0 Å². The van der Waals surface area contributed by atoms with Crippen molar-refractivity contribution in [1.29, 1.82) is 0 Å². The summed E-state index contributed by atoms with van der Waals surface area (Å²) in [6.07, 6.45) is 6.15. The summed E-state index contributed by atoms with van der Waals surface area (Å²) < 4.78 is 0. The van der Waals surface area contributed by atoms with E-state index in [0.29, 0.717) is 0 Å². The number of rotatable bonds is 3. The molecule has 0 aliphatic rings. The average molecular weight is 145 g/mol. The van der Waals surface area contributed by atoms with Gasteiger partial charge in [0.2, 0.25) is 0 Å². The molecule has 1 aromatic rings. The van der Waals surface area contributed by atoms with Crippen LogP contribution in [0.2, 0.25) is 0 Å². The fraction of sp³-hybridized carbons (Fsp3) is 0.182. The number of aryl methyl sites for hydroxylation is 1. The lowest BCUT2D eigenvalue weighted by molar-refractivity contribution is 1.00. The molecule has 0 saturated heterocycles. The van der Waals surface area contributed by atoms with Gasteiger partial charge in [-0.25, -0.2) is 0 Å². The minimum absolute atomic E-state index is 1.09. The maximum absolute atomic E-state index is 3.64. The topological polar surface area (TPSA) is 0 Å². The van der Waals surface area contributed by atoms with Crippen molar-refractivity contribution in [2.75, 3.05) is 0 Å². The van der Waals surface area contributed by atoms with E-state index < -0.39 is 0 Å². The molecule has 11 heavy (non-hydrogen) atoms. The van der Waals surface area contributed by atoms with E-state index in [1.54, 1.807) is 0 Å². The molecule has 1 rings (SSSR count). The first kappa shape index (κ1) is 8.06. The summed E-state index contributed by atoms with van der Waals surface area (Å²) in [6.45, 7) is 3.64. The molecule has 0 heterocycles. The molecule has 0 spiro atoms. The van der Waals surface area contributed by atoms with Gasteiger partial charge in [0.15, 0.2) is 0 Å². The first-order valence-electron chi connectivity index (χ1n) is 3.91. The van der Waals surface area contributed by atoms with Gasteiger partial charge in [0.05, 0.1) is 0 Å². The van der Waals surface area contributed by atoms with Gasteiger partial charge in [0, 0.05) is 0 Å². The molecule has 0 N–H and O–H groups in total. The maximum atomic E-state index is 3.64. The molecular weight excluding hydrogens is 132 g/mol. The zero-order chi connectivity index (χ0) is 7.94. The normalized spacial score (nSPS) is 10.6. The van der Waals surface area contributed by atoms with Crippen molar-refractivity contribution in [1.82, 2.24) is 0 Å². The quantitative estimate of drug-likeness (QED) is 0.613. The Morgan fingerprint density at radius 3 is 2.55 bits per heavy atom. The Hall–Kier alpha value is -1.04. The van der Waals surface area contributed by atoms with E-state index in [9.17, 15) is 0 Å². The second-order valence-electron chi connectivity index (χ2n) is 2.50. The molecule has 0 saturated carbocycles. The number of hydrogen-bond acceptors (Lipinski definition) is 0. The van der Waals surface area contributed by atoms with E-state index >= 15 is 0 Å². The molecule has 0 nitrogen and oxygen atoms in total. The molecule has 0 aliphatic carbocycles. The van der Waals surface area contributed by atoms with Crippen molar-refractivity contribution < 1.29 is 0 Å². The first-order valence-corrected chi connectivity index (χ1v) is 3.91. The minimum atomic E-state index is 1.09. The summed E-state index contributed by atoms with van der Waals surface area (Å²) in [4.78, 5) is 0. The zero-order valence-electron chi connectivity index (χ0n) is 6.66. The third-order valence-electron chi connectivity index (χ3n) is 1.61. The monoisotopic (exact) mass is 145 g/mol. The lowest BCUT2D eigenvalue weighted by atomic mass is 10.1. The van der Waals surface area contributed by atoms with E-state index in [4.69, 9.17) is 0 Å². The molecule has 57 valence electrons. The summed E-state index contributed by atoms with van der Waals surface area (Å²) in [7, 11) is 0. The van der Waals surface area contributed by atoms with Crippen molar-refractivity contribution in [2.45, 2.75) is 12.8 Å². The minimum Gasteiger partial charge on any atom is -0.0882 e. The van der Waals surface area contributed by atoms with Gasteiger partial charge in [-0.1, -0.05) is 42.5 Å². The summed E-state index contributed by atoms with van der Waals surface area (Å²) >= 11 is 0. The van der Waals surface area contributed by atoms with Crippen LogP contribution >= 0.6 is 0 Å². The Labute approximate surface area is 68.6 Å². The molecule has 0 aromatic heterocycles. The van der Waals surface area contributed by atoms with Crippen molar-refractivity contribution >= 4 is 0 Å². The van der Waals surface area contributed by atoms with Crippen LogP contribution in [0.4, 0.5) is 0 Å². The molecule has 0 unspecified atom stereocenters. The SMILES string of the molecule is [CH2]/C=C/CCc1ccccc1. The van der Waals surface area contributed by atoms with E-state index in [0.717, 1.165) is 12.8 Å². The molecule has 0 heteroatoms. The fourth-order valence-corrected chi connectivity index (χ4v) is 1.01. The highest BCUT2D eigenvalue weighted by Crippen LogP contribution is 2.02. The molecular formula is C11H13. The summed E-state index contributed by atoms with van der Waals surface area (Å²) in [6, 6.07) is 10.5. The highest BCUT2D eigenvalue weighted by molar-refractivity contribution is 5.15. The predicted molar refractivity (Wildman–Crippen MR) is 49.3 cm³/mol. The number of hydrogen-bond donors (Lipinski definition) is 0. The van der Waals surface area contributed by atoms with Crippen molar-refractivity contribution in [3.05, 3.63) is 55.0 Å². The van der Waals surface area contributed by atoms with Crippen LogP contribution in [0.25, 0.3) is 0 Å². The second kappa shape index (κ2) is 4.73. The highest BCUT2D eigenvalue weighted by atomic mass is 13.9. The van der Waals surface area contributed by atoms with Gasteiger partial charge < -0.3 is 0 Å². The van der Waals surface area contributed by atoms with Gasteiger partial charge in [-0.05, 0) is 25.3 Å². The summed E-state index contributed by atoms with van der Waals surface area (Å²) in [5.74, 6) is 0. The molecule has 0 aliphatic heterocycles. The van der Waals surface area contributed by atoms with Gasteiger partial charge in [-0.15, -0.1) is 0 Å². The fourth-order valence-electron chi connectivity index (χ4n) is 1.01. The van der Waals surface area contributed by atoms with E-state index in [1.807, 2.05) is 12.1 Å². The van der Waals surface area contributed by atoms with Crippen LogP contribution in [-0.2, 0) is 6.42 Å². The highest BCUT2D eigenvalue weighted by Gasteiger charge is 1.86. The Morgan fingerprint density at radius 2 is 1.91 bits per heavy atom. The number of benzene rings is 1. The van der Waals surface area contributed by atoms with Crippen LogP contribution < -0.4 is 0 Å².